The summed E-state index contributed by atoms with van der Waals surface area (Å²) < 4.78 is 0. The summed E-state index contributed by atoms with van der Waals surface area (Å²) in [4.78, 5) is 20.8. The molecule has 2 aromatic heterocycles. The van der Waals surface area contributed by atoms with Crippen LogP contribution in [0, 0.1) is 0 Å². The summed E-state index contributed by atoms with van der Waals surface area (Å²) in [5.41, 5.74) is 6.24. The summed E-state index contributed by atoms with van der Waals surface area (Å²) in [7, 11) is 0. The standard InChI is InChI=1S/C24H24N4OS/c29-20-8-4-7-19-22(20)18(13-15-5-2-1-3-6-15)23(27-19)16-11-12-25-21(14-16)28-24(30)26-17-9-10-17/h1-3,5-6,11-12,14,17,27H,4,7-10,13H2,(H2,25,26,28,30). The van der Waals surface area contributed by atoms with Gasteiger partial charge in [-0.1, -0.05) is 30.3 Å². The maximum Gasteiger partial charge on any atom is 0.172 e. The molecule has 5 rings (SSSR count). The van der Waals surface area contributed by atoms with E-state index in [4.69, 9.17) is 12.2 Å². The van der Waals surface area contributed by atoms with Crippen LogP contribution in [0.4, 0.5) is 5.82 Å². The van der Waals surface area contributed by atoms with Crippen molar-refractivity contribution in [3.8, 4) is 11.3 Å². The number of carbonyl (C=O) groups is 1. The summed E-state index contributed by atoms with van der Waals surface area (Å²) in [5, 5.41) is 7.07. The Morgan fingerprint density at radius 2 is 2.00 bits per heavy atom. The molecule has 3 N–H and O–H groups in total. The Bertz CT molecular complexity index is 1100. The normalized spacial score (nSPS) is 15.5. The van der Waals surface area contributed by atoms with E-state index in [1.165, 1.54) is 18.4 Å². The number of thiocarbonyl (C=S) groups is 1. The second kappa shape index (κ2) is 8.03. The Balaban J connectivity index is 1.51. The van der Waals surface area contributed by atoms with Gasteiger partial charge < -0.3 is 15.6 Å². The number of rotatable bonds is 5. The zero-order valence-corrected chi connectivity index (χ0v) is 17.5. The van der Waals surface area contributed by atoms with Gasteiger partial charge in [-0.05, 0) is 61.2 Å². The van der Waals surface area contributed by atoms with Crippen LogP contribution < -0.4 is 10.6 Å². The topological polar surface area (TPSA) is 69.8 Å². The zero-order chi connectivity index (χ0) is 20.5. The van der Waals surface area contributed by atoms with Gasteiger partial charge in [-0.25, -0.2) is 4.98 Å². The number of aryl methyl sites for hydroxylation is 1. The molecule has 152 valence electrons. The van der Waals surface area contributed by atoms with Crippen molar-refractivity contribution < 1.29 is 4.79 Å². The fourth-order valence-electron chi connectivity index (χ4n) is 4.11. The maximum absolute atomic E-state index is 12.8. The largest absolute Gasteiger partial charge is 0.360 e. The van der Waals surface area contributed by atoms with Gasteiger partial charge in [-0.3, -0.25) is 4.79 Å². The van der Waals surface area contributed by atoms with Crippen LogP contribution in [-0.4, -0.2) is 26.9 Å². The molecule has 6 heteroatoms. The van der Waals surface area contributed by atoms with E-state index in [-0.39, 0.29) is 5.78 Å². The summed E-state index contributed by atoms with van der Waals surface area (Å²) in [6, 6.07) is 14.8. The summed E-state index contributed by atoms with van der Waals surface area (Å²) in [5.74, 6) is 0.946. The Labute approximate surface area is 181 Å². The van der Waals surface area contributed by atoms with Crippen LogP contribution in [0.3, 0.4) is 0 Å². The van der Waals surface area contributed by atoms with E-state index in [9.17, 15) is 4.79 Å². The number of carbonyl (C=O) groups excluding carboxylic acids is 1. The lowest BCUT2D eigenvalue weighted by Crippen LogP contribution is -2.30. The first-order chi connectivity index (χ1) is 14.7. The van der Waals surface area contributed by atoms with Gasteiger partial charge in [0.25, 0.3) is 0 Å². The number of nitrogens with zero attached hydrogens (tertiary/aromatic N) is 1. The van der Waals surface area contributed by atoms with Crippen molar-refractivity contribution in [1.82, 2.24) is 15.3 Å². The van der Waals surface area contributed by atoms with Crippen LogP contribution in [0.1, 0.15) is 52.9 Å². The first kappa shape index (κ1) is 19.0. The molecule has 0 unspecified atom stereocenters. The Kier molecular flexibility index (Phi) is 5.09. The second-order valence-electron chi connectivity index (χ2n) is 8.07. The van der Waals surface area contributed by atoms with Crippen molar-refractivity contribution in [3.05, 3.63) is 71.0 Å². The molecule has 0 atom stereocenters. The summed E-state index contributed by atoms with van der Waals surface area (Å²) in [6.45, 7) is 0. The molecule has 2 heterocycles. The first-order valence-corrected chi connectivity index (χ1v) is 10.9. The molecule has 0 aliphatic heterocycles. The first-order valence-electron chi connectivity index (χ1n) is 10.5. The van der Waals surface area contributed by atoms with Gasteiger partial charge in [0.15, 0.2) is 10.9 Å². The van der Waals surface area contributed by atoms with E-state index in [2.05, 4.69) is 32.7 Å². The lowest BCUT2D eigenvalue weighted by atomic mass is 9.90. The number of anilines is 1. The Hall–Kier alpha value is -2.99. The molecule has 0 saturated heterocycles. The van der Waals surface area contributed by atoms with Crippen LogP contribution in [0.15, 0.2) is 48.7 Å². The zero-order valence-electron chi connectivity index (χ0n) is 16.7. The molecule has 5 nitrogen and oxygen atoms in total. The van der Waals surface area contributed by atoms with E-state index in [0.29, 0.717) is 23.4 Å². The molecule has 30 heavy (non-hydrogen) atoms. The molecule has 0 amide bonds. The molecule has 0 bridgehead atoms. The van der Waals surface area contributed by atoms with Crippen LogP contribution in [0.2, 0.25) is 0 Å². The molecule has 1 fully saturated rings. The van der Waals surface area contributed by atoms with Gasteiger partial charge in [-0.15, -0.1) is 0 Å². The lowest BCUT2D eigenvalue weighted by molar-refractivity contribution is 0.0971. The third kappa shape index (κ3) is 4.00. The molecule has 0 spiro atoms. The van der Waals surface area contributed by atoms with E-state index >= 15 is 0 Å². The molecule has 3 aromatic rings. The van der Waals surface area contributed by atoms with Crippen LogP contribution >= 0.6 is 12.2 Å². The third-order valence-electron chi connectivity index (χ3n) is 5.72. The van der Waals surface area contributed by atoms with Crippen molar-refractivity contribution in [1.29, 1.82) is 0 Å². The van der Waals surface area contributed by atoms with Gasteiger partial charge in [0.2, 0.25) is 0 Å². The molecule has 1 aromatic carbocycles. The van der Waals surface area contributed by atoms with Crippen molar-refractivity contribution in [2.75, 3.05) is 5.32 Å². The highest BCUT2D eigenvalue weighted by atomic mass is 32.1. The van der Waals surface area contributed by atoms with Gasteiger partial charge in [0.1, 0.15) is 5.82 Å². The quantitative estimate of drug-likeness (QED) is 0.529. The van der Waals surface area contributed by atoms with E-state index < -0.39 is 0 Å². The summed E-state index contributed by atoms with van der Waals surface area (Å²) in [6.07, 6.45) is 7.28. The number of aromatic nitrogens is 2. The highest BCUT2D eigenvalue weighted by molar-refractivity contribution is 7.80. The van der Waals surface area contributed by atoms with Crippen LogP contribution in [0.25, 0.3) is 11.3 Å². The van der Waals surface area contributed by atoms with Gasteiger partial charge >= 0.3 is 0 Å². The van der Waals surface area contributed by atoms with Crippen molar-refractivity contribution >= 4 is 28.9 Å². The fourth-order valence-corrected chi connectivity index (χ4v) is 4.39. The number of ketones is 1. The molecular weight excluding hydrogens is 392 g/mol. The smallest absolute Gasteiger partial charge is 0.172 e. The van der Waals surface area contributed by atoms with E-state index in [1.807, 2.05) is 30.3 Å². The second-order valence-corrected chi connectivity index (χ2v) is 8.48. The predicted octanol–water partition coefficient (Wildman–Crippen LogP) is 4.64. The SMILES string of the molecule is O=C1CCCc2[nH]c(-c3ccnc(NC(=S)NC4CC4)c3)c(Cc3ccccc3)c21. The number of pyridine rings is 1. The number of fused-ring (bicyclic) bond motifs is 1. The number of Topliss-reactive ketones (excluding diaryl/α,β-unsaturated/α-hetero) is 1. The third-order valence-corrected chi connectivity index (χ3v) is 5.94. The minimum atomic E-state index is 0.242. The monoisotopic (exact) mass is 416 g/mol. The van der Waals surface area contributed by atoms with Crippen molar-refractivity contribution in [3.63, 3.8) is 0 Å². The minimum absolute atomic E-state index is 0.242. The number of H-pyrrole nitrogens is 1. The molecule has 2 aliphatic rings. The number of hydrogen-bond donors (Lipinski definition) is 3. The van der Waals surface area contributed by atoms with Gasteiger partial charge in [0.05, 0.1) is 5.69 Å². The van der Waals surface area contributed by atoms with Gasteiger partial charge in [0, 0.05) is 41.9 Å². The van der Waals surface area contributed by atoms with Gasteiger partial charge in [-0.2, -0.15) is 0 Å². The lowest BCUT2D eigenvalue weighted by Gasteiger charge is -2.12. The molecular formula is C24H24N4OS. The molecule has 1 saturated carbocycles. The maximum atomic E-state index is 12.8. The van der Waals surface area contributed by atoms with Crippen LogP contribution in [-0.2, 0) is 12.8 Å². The van der Waals surface area contributed by atoms with E-state index in [1.54, 1.807) is 6.20 Å². The fraction of sp³-hybridized carbons (Fsp3) is 0.292. The highest BCUT2D eigenvalue weighted by Gasteiger charge is 2.27. The number of aromatic amines is 1. The highest BCUT2D eigenvalue weighted by Crippen LogP contribution is 2.35. The van der Waals surface area contributed by atoms with Crippen LogP contribution in [0.5, 0.6) is 0 Å². The average molecular weight is 417 g/mol. The Morgan fingerprint density at radius 3 is 2.80 bits per heavy atom. The van der Waals surface area contributed by atoms with Crippen molar-refractivity contribution in [2.24, 2.45) is 0 Å². The molecule has 0 radical (unpaired) electrons. The number of benzene rings is 1. The van der Waals surface area contributed by atoms with Crippen molar-refractivity contribution in [2.45, 2.75) is 44.6 Å². The summed E-state index contributed by atoms with van der Waals surface area (Å²) >= 11 is 5.40. The van der Waals surface area contributed by atoms with E-state index in [0.717, 1.165) is 47.3 Å². The minimum Gasteiger partial charge on any atom is -0.360 e. The Morgan fingerprint density at radius 1 is 1.17 bits per heavy atom. The predicted molar refractivity (Wildman–Crippen MR) is 123 cm³/mol. The number of nitrogens with one attached hydrogen (secondary N) is 3. The number of hydrogen-bond acceptors (Lipinski definition) is 3. The average Bonchev–Trinajstić information content (AvgIpc) is 3.48. The molecule has 2 aliphatic carbocycles.